The maximum absolute atomic E-state index is 11.9. The van der Waals surface area contributed by atoms with Gasteiger partial charge in [0.05, 0.1) is 17.7 Å². The van der Waals surface area contributed by atoms with Crippen LogP contribution in [0.2, 0.25) is 0 Å². The van der Waals surface area contributed by atoms with E-state index in [1.54, 1.807) is 0 Å². The van der Waals surface area contributed by atoms with Crippen LogP contribution in [0.4, 0.5) is 0 Å². The van der Waals surface area contributed by atoms with Gasteiger partial charge in [-0.1, -0.05) is 18.2 Å². The van der Waals surface area contributed by atoms with Crippen molar-refractivity contribution in [3.05, 3.63) is 35.5 Å². The van der Waals surface area contributed by atoms with Gasteiger partial charge in [-0.05, 0) is 25.3 Å². The second-order valence-corrected chi connectivity index (χ2v) is 4.37. The van der Waals surface area contributed by atoms with Gasteiger partial charge in [0.25, 0.3) is 0 Å². The quantitative estimate of drug-likeness (QED) is 0.741. The van der Waals surface area contributed by atoms with Crippen LogP contribution in [0, 0.1) is 0 Å². The van der Waals surface area contributed by atoms with Gasteiger partial charge in [0.2, 0.25) is 0 Å². The first-order valence-corrected chi connectivity index (χ1v) is 6.09. The number of esters is 1. The number of ether oxygens (including phenoxy) is 1. The van der Waals surface area contributed by atoms with Crippen molar-refractivity contribution in [3.8, 4) is 0 Å². The molecule has 0 fully saturated rings. The monoisotopic (exact) mass is 229 g/mol. The van der Waals surface area contributed by atoms with Crippen molar-refractivity contribution >= 4 is 16.9 Å². The van der Waals surface area contributed by atoms with Crippen LogP contribution >= 0.6 is 0 Å². The molecule has 0 radical (unpaired) electrons. The number of aryl methyl sites for hydroxylation is 2. The summed E-state index contributed by atoms with van der Waals surface area (Å²) < 4.78 is 7.28. The average Bonchev–Trinajstić information content (AvgIpc) is 2.72. The standard InChI is InChI=1S/C14H15NO2/c1-2-17-14(16)12-9-15-8-4-6-10-5-3-7-11(12)13(10)15/h3,5,7,9H,2,4,6,8H2,1H3. The third-order valence-corrected chi connectivity index (χ3v) is 3.32. The van der Waals surface area contributed by atoms with Crippen LogP contribution in [0.15, 0.2) is 24.4 Å². The summed E-state index contributed by atoms with van der Waals surface area (Å²) >= 11 is 0. The molecule has 1 aliphatic heterocycles. The van der Waals surface area contributed by atoms with Crippen molar-refractivity contribution in [1.29, 1.82) is 0 Å². The molecule has 0 amide bonds. The topological polar surface area (TPSA) is 31.2 Å². The predicted molar refractivity (Wildman–Crippen MR) is 66.2 cm³/mol. The molecular weight excluding hydrogens is 214 g/mol. The summed E-state index contributed by atoms with van der Waals surface area (Å²) in [4.78, 5) is 11.9. The Balaban J connectivity index is 2.22. The third kappa shape index (κ3) is 1.54. The van der Waals surface area contributed by atoms with Gasteiger partial charge in [-0.25, -0.2) is 4.79 Å². The van der Waals surface area contributed by atoms with Crippen LogP contribution in [0.5, 0.6) is 0 Å². The summed E-state index contributed by atoms with van der Waals surface area (Å²) in [7, 11) is 0. The minimum atomic E-state index is -0.213. The molecule has 0 spiro atoms. The molecule has 1 aliphatic rings. The van der Waals surface area contributed by atoms with E-state index in [4.69, 9.17) is 4.74 Å². The first-order valence-electron chi connectivity index (χ1n) is 6.09. The summed E-state index contributed by atoms with van der Waals surface area (Å²) in [6.45, 7) is 3.25. The molecule has 0 unspecified atom stereocenters. The normalized spacial score (nSPS) is 13.9. The fourth-order valence-electron chi connectivity index (χ4n) is 2.63. The van der Waals surface area contributed by atoms with E-state index in [0.29, 0.717) is 12.2 Å². The van der Waals surface area contributed by atoms with E-state index in [-0.39, 0.29) is 5.97 Å². The number of nitrogens with zero attached hydrogens (tertiary/aromatic N) is 1. The van der Waals surface area contributed by atoms with Crippen LogP contribution in [0.3, 0.4) is 0 Å². The molecule has 88 valence electrons. The fourth-order valence-corrected chi connectivity index (χ4v) is 2.63. The van der Waals surface area contributed by atoms with E-state index in [1.165, 1.54) is 11.1 Å². The first-order chi connectivity index (χ1) is 8.31. The number of carbonyl (C=O) groups is 1. The predicted octanol–water partition coefficient (Wildman–Crippen LogP) is 2.76. The molecule has 2 aromatic rings. The fraction of sp³-hybridized carbons (Fsp3) is 0.357. The van der Waals surface area contributed by atoms with Crippen molar-refractivity contribution in [2.24, 2.45) is 0 Å². The van der Waals surface area contributed by atoms with Gasteiger partial charge in [-0.15, -0.1) is 0 Å². The number of hydrogen-bond donors (Lipinski definition) is 0. The zero-order chi connectivity index (χ0) is 11.8. The Morgan fingerprint density at radius 3 is 3.18 bits per heavy atom. The Kier molecular flexibility index (Phi) is 2.39. The van der Waals surface area contributed by atoms with Crippen molar-refractivity contribution in [2.45, 2.75) is 26.3 Å². The van der Waals surface area contributed by atoms with Crippen LogP contribution in [0.25, 0.3) is 10.9 Å². The number of rotatable bonds is 2. The third-order valence-electron chi connectivity index (χ3n) is 3.32. The van der Waals surface area contributed by atoms with Gasteiger partial charge >= 0.3 is 5.97 Å². The number of para-hydroxylation sites is 1. The highest BCUT2D eigenvalue weighted by Gasteiger charge is 2.19. The molecule has 17 heavy (non-hydrogen) atoms. The van der Waals surface area contributed by atoms with E-state index in [1.807, 2.05) is 25.3 Å². The van der Waals surface area contributed by atoms with Gasteiger partial charge < -0.3 is 9.30 Å². The SMILES string of the molecule is CCOC(=O)c1cn2c3c(cccc13)CCC2. The zero-order valence-corrected chi connectivity index (χ0v) is 9.90. The number of aromatic nitrogens is 1. The minimum absolute atomic E-state index is 0.213. The second-order valence-electron chi connectivity index (χ2n) is 4.37. The van der Waals surface area contributed by atoms with Gasteiger partial charge in [0.15, 0.2) is 0 Å². The summed E-state index contributed by atoms with van der Waals surface area (Å²) in [6.07, 6.45) is 4.18. The van der Waals surface area contributed by atoms with Crippen LogP contribution in [-0.2, 0) is 17.7 Å². The van der Waals surface area contributed by atoms with Crippen LogP contribution < -0.4 is 0 Å². The highest BCUT2D eigenvalue weighted by Crippen LogP contribution is 2.29. The molecule has 3 rings (SSSR count). The van der Waals surface area contributed by atoms with Gasteiger partial charge in [-0.2, -0.15) is 0 Å². The molecular formula is C14H15NO2. The van der Waals surface area contributed by atoms with Gasteiger partial charge in [0.1, 0.15) is 0 Å². The number of benzene rings is 1. The van der Waals surface area contributed by atoms with E-state index < -0.39 is 0 Å². The summed E-state index contributed by atoms with van der Waals surface area (Å²) in [5, 5.41) is 1.03. The molecule has 0 N–H and O–H groups in total. The molecule has 0 aliphatic carbocycles. The highest BCUT2D eigenvalue weighted by atomic mass is 16.5. The zero-order valence-electron chi connectivity index (χ0n) is 9.90. The lowest BCUT2D eigenvalue weighted by Gasteiger charge is -2.14. The lowest BCUT2D eigenvalue weighted by molar-refractivity contribution is 0.0528. The molecule has 1 aromatic heterocycles. The maximum atomic E-state index is 11.9. The van der Waals surface area contributed by atoms with Crippen molar-refractivity contribution in [2.75, 3.05) is 6.61 Å². The summed E-state index contributed by atoms with van der Waals surface area (Å²) in [5.41, 5.74) is 3.25. The van der Waals surface area contributed by atoms with E-state index in [9.17, 15) is 4.79 Å². The molecule has 3 heteroatoms. The molecule has 0 bridgehead atoms. The van der Waals surface area contributed by atoms with Crippen LogP contribution in [-0.4, -0.2) is 17.1 Å². The first kappa shape index (κ1) is 10.4. The van der Waals surface area contributed by atoms with E-state index >= 15 is 0 Å². The minimum Gasteiger partial charge on any atom is -0.462 e. The Morgan fingerprint density at radius 2 is 2.35 bits per heavy atom. The Hall–Kier alpha value is -1.77. The molecule has 0 atom stereocenters. The van der Waals surface area contributed by atoms with E-state index in [0.717, 1.165) is 24.8 Å². The second kappa shape index (κ2) is 3.91. The molecule has 0 saturated carbocycles. The van der Waals surface area contributed by atoms with Crippen molar-refractivity contribution < 1.29 is 9.53 Å². The Labute approximate surface area is 100.0 Å². The highest BCUT2D eigenvalue weighted by molar-refractivity contribution is 6.05. The molecule has 3 nitrogen and oxygen atoms in total. The lowest BCUT2D eigenvalue weighted by Crippen LogP contribution is -2.06. The molecule has 1 aromatic carbocycles. The Bertz CT molecular complexity index is 583. The summed E-state index contributed by atoms with van der Waals surface area (Å²) in [6, 6.07) is 6.18. The Morgan fingerprint density at radius 1 is 1.47 bits per heavy atom. The van der Waals surface area contributed by atoms with E-state index in [2.05, 4.69) is 10.6 Å². The summed E-state index contributed by atoms with van der Waals surface area (Å²) in [5.74, 6) is -0.213. The smallest absolute Gasteiger partial charge is 0.340 e. The number of carbonyl (C=O) groups excluding carboxylic acids is 1. The van der Waals surface area contributed by atoms with Crippen molar-refractivity contribution in [1.82, 2.24) is 4.57 Å². The molecule has 2 heterocycles. The van der Waals surface area contributed by atoms with Crippen LogP contribution in [0.1, 0.15) is 29.3 Å². The lowest BCUT2D eigenvalue weighted by atomic mass is 10.0. The van der Waals surface area contributed by atoms with Gasteiger partial charge in [0, 0.05) is 18.1 Å². The average molecular weight is 229 g/mol. The van der Waals surface area contributed by atoms with Gasteiger partial charge in [-0.3, -0.25) is 0 Å². The maximum Gasteiger partial charge on any atom is 0.340 e. The number of hydrogen-bond acceptors (Lipinski definition) is 2. The largest absolute Gasteiger partial charge is 0.462 e. The van der Waals surface area contributed by atoms with Crippen molar-refractivity contribution in [3.63, 3.8) is 0 Å². The molecule has 0 saturated heterocycles.